The van der Waals surface area contributed by atoms with Gasteiger partial charge in [-0.15, -0.1) is 0 Å². The standard InChI is InChI=1S/C30H37N3O7/c1-4-5-7-12-23(18-33(21-34)39-19-22-10-8-6-9-11-22)29(35)31-20-32-30(36)28-14-13-27(40-28)24-15-25(37-2)17-26(16-24)38-3/h6,8-11,13-17,21,23H,4-5,7,12,18-20H2,1-3H3,(H,31,35)(H,32,36). The first-order chi connectivity index (χ1) is 19.5. The van der Waals surface area contributed by atoms with Gasteiger partial charge < -0.3 is 24.5 Å². The van der Waals surface area contributed by atoms with Crippen molar-refractivity contribution in [1.29, 1.82) is 0 Å². The minimum absolute atomic E-state index is 0.0898. The number of methoxy groups -OCH3 is 2. The molecule has 2 N–H and O–H groups in total. The van der Waals surface area contributed by atoms with Crippen LogP contribution in [0.5, 0.6) is 11.5 Å². The zero-order valence-corrected chi connectivity index (χ0v) is 23.2. The lowest BCUT2D eigenvalue weighted by Crippen LogP contribution is -2.43. The number of ether oxygens (including phenoxy) is 2. The Kier molecular flexibility index (Phi) is 12.1. The van der Waals surface area contributed by atoms with E-state index >= 15 is 0 Å². The van der Waals surface area contributed by atoms with E-state index in [2.05, 4.69) is 17.6 Å². The lowest BCUT2D eigenvalue weighted by Gasteiger charge is -2.23. The van der Waals surface area contributed by atoms with Crippen molar-refractivity contribution >= 4 is 18.2 Å². The van der Waals surface area contributed by atoms with Gasteiger partial charge in [0, 0.05) is 11.6 Å². The number of carbonyl (C=O) groups excluding carboxylic acids is 3. The maximum absolute atomic E-state index is 13.0. The predicted octanol–water partition coefficient (Wildman–Crippen LogP) is 4.55. The van der Waals surface area contributed by atoms with Gasteiger partial charge in [-0.05, 0) is 36.2 Å². The van der Waals surface area contributed by atoms with Gasteiger partial charge in [0.25, 0.3) is 5.91 Å². The molecule has 0 saturated carbocycles. The molecule has 0 fully saturated rings. The Balaban J connectivity index is 1.55. The molecule has 3 rings (SSSR count). The second kappa shape index (κ2) is 15.9. The van der Waals surface area contributed by atoms with Crippen LogP contribution in [0.3, 0.4) is 0 Å². The lowest BCUT2D eigenvalue weighted by atomic mass is 10.0. The fourth-order valence-corrected chi connectivity index (χ4v) is 4.03. The summed E-state index contributed by atoms with van der Waals surface area (Å²) in [4.78, 5) is 42.9. The van der Waals surface area contributed by atoms with E-state index in [0.717, 1.165) is 29.9 Å². The van der Waals surface area contributed by atoms with Gasteiger partial charge >= 0.3 is 0 Å². The Morgan fingerprint density at radius 1 is 0.975 bits per heavy atom. The van der Waals surface area contributed by atoms with Crippen molar-refractivity contribution < 1.29 is 33.1 Å². The molecule has 1 aromatic heterocycles. The molecule has 3 amide bonds. The molecule has 0 radical (unpaired) electrons. The molecule has 10 heteroatoms. The van der Waals surface area contributed by atoms with Crippen LogP contribution in [0.4, 0.5) is 0 Å². The van der Waals surface area contributed by atoms with Crippen LogP contribution in [0.1, 0.15) is 48.7 Å². The number of furan rings is 1. The molecule has 3 aromatic rings. The molecule has 1 atom stereocenters. The third-order valence-electron chi connectivity index (χ3n) is 6.26. The van der Waals surface area contributed by atoms with Crippen molar-refractivity contribution in [2.45, 2.75) is 39.2 Å². The van der Waals surface area contributed by atoms with E-state index in [4.69, 9.17) is 18.7 Å². The van der Waals surface area contributed by atoms with Crippen LogP contribution in [0.25, 0.3) is 11.3 Å². The van der Waals surface area contributed by atoms with E-state index in [0.29, 0.717) is 35.7 Å². The molecular formula is C30H37N3O7. The van der Waals surface area contributed by atoms with Crippen LogP contribution in [0.15, 0.2) is 65.1 Å². The summed E-state index contributed by atoms with van der Waals surface area (Å²) in [5, 5.41) is 6.54. The van der Waals surface area contributed by atoms with E-state index in [-0.39, 0.29) is 31.5 Å². The Labute approximate surface area is 234 Å². The van der Waals surface area contributed by atoms with Crippen molar-refractivity contribution in [1.82, 2.24) is 15.7 Å². The van der Waals surface area contributed by atoms with Gasteiger partial charge in [0.15, 0.2) is 5.76 Å². The summed E-state index contributed by atoms with van der Waals surface area (Å²) < 4.78 is 16.3. The predicted molar refractivity (Wildman–Crippen MR) is 149 cm³/mol. The third kappa shape index (κ3) is 9.16. The fraction of sp³-hybridized carbons (Fsp3) is 0.367. The molecule has 0 bridgehead atoms. The van der Waals surface area contributed by atoms with Gasteiger partial charge in [-0.1, -0.05) is 56.5 Å². The average molecular weight is 552 g/mol. The SMILES string of the molecule is CCCCCC(CN(C=O)OCc1ccccc1)C(=O)NCNC(=O)c1ccc(-c2cc(OC)cc(OC)c2)o1. The van der Waals surface area contributed by atoms with Gasteiger partial charge in [0.2, 0.25) is 12.3 Å². The highest BCUT2D eigenvalue weighted by Crippen LogP contribution is 2.30. The Hall–Kier alpha value is -4.31. The first kappa shape index (κ1) is 30.2. The second-order valence-electron chi connectivity index (χ2n) is 9.15. The summed E-state index contributed by atoms with van der Waals surface area (Å²) in [6.07, 6.45) is 3.96. The quantitative estimate of drug-likeness (QED) is 0.109. The molecule has 0 aliphatic heterocycles. The van der Waals surface area contributed by atoms with Gasteiger partial charge in [0.1, 0.15) is 23.9 Å². The number of benzene rings is 2. The second-order valence-corrected chi connectivity index (χ2v) is 9.15. The van der Waals surface area contributed by atoms with Gasteiger partial charge in [0.05, 0.1) is 33.4 Å². The lowest BCUT2D eigenvalue weighted by molar-refractivity contribution is -0.182. The summed E-state index contributed by atoms with van der Waals surface area (Å²) in [6.45, 7) is 2.30. The number of carbonyl (C=O) groups is 3. The topological polar surface area (TPSA) is 119 Å². The number of nitrogens with zero attached hydrogens (tertiary/aromatic N) is 1. The summed E-state index contributed by atoms with van der Waals surface area (Å²) in [5.74, 6) is 0.472. The first-order valence-corrected chi connectivity index (χ1v) is 13.2. The van der Waals surface area contributed by atoms with Crippen LogP contribution >= 0.6 is 0 Å². The maximum Gasteiger partial charge on any atom is 0.288 e. The highest BCUT2D eigenvalue weighted by atomic mass is 16.7. The van der Waals surface area contributed by atoms with Crippen LogP contribution in [0, 0.1) is 5.92 Å². The van der Waals surface area contributed by atoms with Crippen molar-refractivity contribution in [2.24, 2.45) is 5.92 Å². The summed E-state index contributed by atoms with van der Waals surface area (Å²) in [6, 6.07) is 18.0. The molecule has 0 spiro atoms. The van der Waals surface area contributed by atoms with Crippen LogP contribution in [-0.4, -0.2) is 50.7 Å². The number of hydrogen-bond donors (Lipinski definition) is 2. The number of hydroxylamine groups is 2. The number of hydrogen-bond acceptors (Lipinski definition) is 7. The molecule has 10 nitrogen and oxygen atoms in total. The number of nitrogens with one attached hydrogen (secondary N) is 2. The van der Waals surface area contributed by atoms with Crippen LogP contribution in [-0.2, 0) is 21.0 Å². The maximum atomic E-state index is 13.0. The molecule has 1 heterocycles. The highest BCUT2D eigenvalue weighted by Gasteiger charge is 2.22. The highest BCUT2D eigenvalue weighted by molar-refractivity contribution is 5.92. The zero-order chi connectivity index (χ0) is 28.7. The number of amides is 3. The van der Waals surface area contributed by atoms with E-state index in [1.165, 1.54) is 0 Å². The summed E-state index contributed by atoms with van der Waals surface area (Å²) in [5.41, 5.74) is 1.60. The summed E-state index contributed by atoms with van der Waals surface area (Å²) >= 11 is 0. The van der Waals surface area contributed by atoms with Gasteiger partial charge in [-0.25, -0.2) is 5.06 Å². The monoisotopic (exact) mass is 551 g/mol. The normalized spacial score (nSPS) is 11.4. The first-order valence-electron chi connectivity index (χ1n) is 13.2. The van der Waals surface area contributed by atoms with E-state index in [1.807, 2.05) is 30.3 Å². The van der Waals surface area contributed by atoms with Crippen LogP contribution < -0.4 is 20.1 Å². The molecule has 0 saturated heterocycles. The molecule has 1 unspecified atom stereocenters. The number of unbranched alkanes of at least 4 members (excludes halogenated alkanes) is 2. The fourth-order valence-electron chi connectivity index (χ4n) is 4.03. The van der Waals surface area contributed by atoms with Crippen molar-refractivity contribution in [3.8, 4) is 22.8 Å². The minimum atomic E-state index is -0.498. The van der Waals surface area contributed by atoms with Gasteiger partial charge in [-0.3, -0.25) is 19.2 Å². The molecule has 214 valence electrons. The third-order valence-corrected chi connectivity index (χ3v) is 6.26. The molecule has 40 heavy (non-hydrogen) atoms. The largest absolute Gasteiger partial charge is 0.497 e. The molecule has 2 aromatic carbocycles. The van der Waals surface area contributed by atoms with Crippen molar-refractivity contribution in [3.05, 3.63) is 72.0 Å². The Morgan fingerprint density at radius 2 is 1.70 bits per heavy atom. The van der Waals surface area contributed by atoms with Crippen LogP contribution in [0.2, 0.25) is 0 Å². The zero-order valence-electron chi connectivity index (χ0n) is 23.2. The smallest absolute Gasteiger partial charge is 0.288 e. The Bertz CT molecular complexity index is 1210. The van der Waals surface area contributed by atoms with E-state index < -0.39 is 11.8 Å². The molecule has 0 aliphatic rings. The minimum Gasteiger partial charge on any atom is -0.497 e. The van der Waals surface area contributed by atoms with Gasteiger partial charge in [-0.2, -0.15) is 0 Å². The number of rotatable bonds is 17. The Morgan fingerprint density at radius 3 is 2.35 bits per heavy atom. The van der Waals surface area contributed by atoms with Crippen molar-refractivity contribution in [2.75, 3.05) is 27.4 Å². The van der Waals surface area contributed by atoms with E-state index in [9.17, 15) is 14.4 Å². The molecule has 0 aliphatic carbocycles. The summed E-state index contributed by atoms with van der Waals surface area (Å²) in [7, 11) is 3.10. The molecular weight excluding hydrogens is 514 g/mol. The average Bonchev–Trinajstić information content (AvgIpc) is 3.49. The van der Waals surface area contributed by atoms with Crippen molar-refractivity contribution in [3.63, 3.8) is 0 Å². The van der Waals surface area contributed by atoms with E-state index in [1.54, 1.807) is 44.6 Å².